The van der Waals surface area contributed by atoms with E-state index in [-0.39, 0.29) is 17.8 Å². The van der Waals surface area contributed by atoms with Gasteiger partial charge in [0.2, 0.25) is 0 Å². The average molecular weight is 350 g/mol. The minimum Gasteiger partial charge on any atom is -0.469 e. The Morgan fingerprint density at radius 3 is 2.40 bits per heavy atom. The third-order valence-electron chi connectivity index (χ3n) is 4.12. The van der Waals surface area contributed by atoms with Crippen molar-refractivity contribution in [1.82, 2.24) is 4.90 Å². The first-order valence-electron chi connectivity index (χ1n) is 9.53. The largest absolute Gasteiger partial charge is 0.469 e. The molecule has 0 bridgehead atoms. The molecule has 1 heterocycles. The van der Waals surface area contributed by atoms with Crippen LogP contribution >= 0.6 is 0 Å². The van der Waals surface area contributed by atoms with E-state index in [4.69, 9.17) is 4.74 Å². The number of likely N-dealkylation sites (tertiary alicyclic amines) is 1. The van der Waals surface area contributed by atoms with Crippen LogP contribution in [0.3, 0.4) is 0 Å². The van der Waals surface area contributed by atoms with E-state index in [1.807, 2.05) is 46.8 Å². The molecule has 1 fully saturated rings. The third kappa shape index (κ3) is 6.52. The van der Waals surface area contributed by atoms with Gasteiger partial charge >= 0.3 is 5.97 Å². The van der Waals surface area contributed by atoms with Crippen molar-refractivity contribution in [3.05, 3.63) is 34.9 Å². The summed E-state index contributed by atoms with van der Waals surface area (Å²) in [6, 6.07) is 5.93. The van der Waals surface area contributed by atoms with Crippen molar-refractivity contribution in [2.24, 2.45) is 5.92 Å². The second-order valence-electron chi connectivity index (χ2n) is 5.63. The van der Waals surface area contributed by atoms with E-state index < -0.39 is 0 Å². The molecule has 2 rings (SSSR count). The van der Waals surface area contributed by atoms with Crippen molar-refractivity contribution in [2.45, 2.75) is 60.8 Å². The smallest absolute Gasteiger partial charge is 0.310 e. The summed E-state index contributed by atoms with van der Waals surface area (Å²) in [5.74, 6) is -0.379. The van der Waals surface area contributed by atoms with E-state index in [2.05, 4.69) is 13.0 Å². The topological polar surface area (TPSA) is 46.6 Å². The molecule has 0 radical (unpaired) electrons. The number of esters is 1. The van der Waals surface area contributed by atoms with Gasteiger partial charge in [-0.3, -0.25) is 9.59 Å². The summed E-state index contributed by atoms with van der Waals surface area (Å²) < 4.78 is 4.81. The molecule has 142 valence electrons. The van der Waals surface area contributed by atoms with Crippen LogP contribution in [0.5, 0.6) is 0 Å². The van der Waals surface area contributed by atoms with Crippen molar-refractivity contribution in [2.75, 3.05) is 20.2 Å². The molecule has 4 heteroatoms. The molecule has 0 N–H and O–H groups in total. The summed E-state index contributed by atoms with van der Waals surface area (Å²) in [6.45, 7) is 13.3. The Hall–Kier alpha value is -1.84. The van der Waals surface area contributed by atoms with Crippen LogP contribution in [0.2, 0.25) is 0 Å². The molecule has 1 aromatic rings. The summed E-state index contributed by atoms with van der Waals surface area (Å²) in [7, 11) is 1.40. The Balaban J connectivity index is 0.00000134. The first kappa shape index (κ1) is 23.2. The molecule has 0 aromatic heterocycles. The van der Waals surface area contributed by atoms with Gasteiger partial charge in [-0.1, -0.05) is 52.3 Å². The van der Waals surface area contributed by atoms with E-state index in [1.165, 1.54) is 7.11 Å². The maximum absolute atomic E-state index is 12.7. The van der Waals surface area contributed by atoms with E-state index in [1.54, 1.807) is 4.90 Å². The van der Waals surface area contributed by atoms with Gasteiger partial charge in [-0.25, -0.2) is 0 Å². The van der Waals surface area contributed by atoms with Crippen molar-refractivity contribution in [1.29, 1.82) is 0 Å². The first-order valence-corrected chi connectivity index (χ1v) is 9.53. The summed E-state index contributed by atoms with van der Waals surface area (Å²) in [6.07, 6.45) is 2.47. The molecule has 25 heavy (non-hydrogen) atoms. The number of carbonyl (C=O) groups excluding carboxylic acids is 2. The van der Waals surface area contributed by atoms with Crippen LogP contribution in [0.1, 0.15) is 68.9 Å². The number of aryl methyl sites for hydroxylation is 2. The maximum atomic E-state index is 12.7. The SMILES string of the molecule is CC.CC.CCc1cc(C)ccc1C(=O)N1CCCC(C(=O)OC)C1. The molecule has 1 saturated heterocycles. The molecule has 1 atom stereocenters. The molecule has 4 nitrogen and oxygen atoms in total. The minimum atomic E-state index is -0.216. The van der Waals surface area contributed by atoms with Crippen LogP contribution in [-0.2, 0) is 16.0 Å². The molecule has 1 unspecified atom stereocenters. The highest BCUT2D eigenvalue weighted by Gasteiger charge is 2.30. The third-order valence-corrected chi connectivity index (χ3v) is 4.12. The first-order chi connectivity index (χ1) is 12.1. The number of piperidine rings is 1. The second kappa shape index (κ2) is 12.5. The van der Waals surface area contributed by atoms with Crippen LogP contribution in [0.25, 0.3) is 0 Å². The van der Waals surface area contributed by atoms with Gasteiger partial charge in [0.25, 0.3) is 5.91 Å². The standard InChI is InChI=1S/C17H23NO3.2C2H6/c1-4-13-10-12(2)7-8-15(13)16(19)18-9-5-6-14(11-18)17(20)21-3;2*1-2/h7-8,10,14H,4-6,9,11H2,1-3H3;2*1-2H3. The molecule has 0 spiro atoms. The van der Waals surface area contributed by atoms with E-state index in [0.29, 0.717) is 13.1 Å². The van der Waals surface area contributed by atoms with E-state index in [9.17, 15) is 9.59 Å². The fraction of sp³-hybridized carbons (Fsp3) is 0.619. The van der Waals surface area contributed by atoms with Crippen molar-refractivity contribution >= 4 is 11.9 Å². The monoisotopic (exact) mass is 349 g/mol. The number of hydrogen-bond donors (Lipinski definition) is 0. The molecular formula is C21H35NO3. The fourth-order valence-electron chi connectivity index (χ4n) is 2.91. The lowest BCUT2D eigenvalue weighted by Crippen LogP contribution is -2.42. The summed E-state index contributed by atoms with van der Waals surface area (Å²) in [4.78, 5) is 26.2. The molecule has 1 amide bonds. The highest BCUT2D eigenvalue weighted by atomic mass is 16.5. The van der Waals surface area contributed by atoms with E-state index >= 15 is 0 Å². The number of rotatable bonds is 3. The number of ether oxygens (including phenoxy) is 1. The summed E-state index contributed by atoms with van der Waals surface area (Å²) in [5, 5.41) is 0. The van der Waals surface area contributed by atoms with Gasteiger partial charge in [-0.15, -0.1) is 0 Å². The van der Waals surface area contributed by atoms with Gasteiger partial charge in [0.1, 0.15) is 0 Å². The van der Waals surface area contributed by atoms with Gasteiger partial charge in [0.15, 0.2) is 0 Å². The Morgan fingerprint density at radius 2 is 1.84 bits per heavy atom. The number of nitrogens with zero attached hydrogens (tertiary/aromatic N) is 1. The van der Waals surface area contributed by atoms with Gasteiger partial charge in [0.05, 0.1) is 13.0 Å². The summed E-state index contributed by atoms with van der Waals surface area (Å²) in [5.41, 5.74) is 2.99. The number of methoxy groups -OCH3 is 1. The average Bonchev–Trinajstić information content (AvgIpc) is 2.69. The molecule has 1 aliphatic rings. The highest BCUT2D eigenvalue weighted by Crippen LogP contribution is 2.22. The zero-order chi connectivity index (χ0) is 19.4. The lowest BCUT2D eigenvalue weighted by atomic mass is 9.96. The Labute approximate surface area is 153 Å². The van der Waals surface area contributed by atoms with Crippen LogP contribution < -0.4 is 0 Å². The predicted octanol–water partition coefficient (Wildman–Crippen LogP) is 4.64. The van der Waals surface area contributed by atoms with Crippen molar-refractivity contribution in [3.63, 3.8) is 0 Å². The lowest BCUT2D eigenvalue weighted by molar-refractivity contribution is -0.146. The quantitative estimate of drug-likeness (QED) is 0.747. The van der Waals surface area contributed by atoms with Crippen LogP contribution in [-0.4, -0.2) is 37.0 Å². The minimum absolute atomic E-state index is 0.0282. The number of hydrogen-bond acceptors (Lipinski definition) is 3. The van der Waals surface area contributed by atoms with Crippen LogP contribution in [0, 0.1) is 12.8 Å². The summed E-state index contributed by atoms with van der Waals surface area (Å²) >= 11 is 0. The van der Waals surface area contributed by atoms with Crippen molar-refractivity contribution < 1.29 is 14.3 Å². The maximum Gasteiger partial charge on any atom is 0.310 e. The van der Waals surface area contributed by atoms with Gasteiger partial charge < -0.3 is 9.64 Å². The van der Waals surface area contributed by atoms with Gasteiger partial charge in [-0.2, -0.15) is 0 Å². The zero-order valence-corrected chi connectivity index (χ0v) is 17.0. The second-order valence-corrected chi connectivity index (χ2v) is 5.63. The van der Waals surface area contributed by atoms with Gasteiger partial charge in [0, 0.05) is 18.7 Å². The number of amides is 1. The highest BCUT2D eigenvalue weighted by molar-refractivity contribution is 5.96. The zero-order valence-electron chi connectivity index (χ0n) is 17.0. The van der Waals surface area contributed by atoms with Crippen molar-refractivity contribution in [3.8, 4) is 0 Å². The Kier molecular flexibility index (Phi) is 11.6. The Morgan fingerprint density at radius 1 is 1.20 bits per heavy atom. The van der Waals surface area contributed by atoms with Gasteiger partial charge in [-0.05, 0) is 37.8 Å². The van der Waals surface area contributed by atoms with Crippen LogP contribution in [0.15, 0.2) is 18.2 Å². The lowest BCUT2D eigenvalue weighted by Gasteiger charge is -2.31. The fourth-order valence-corrected chi connectivity index (χ4v) is 2.91. The number of carbonyl (C=O) groups is 2. The van der Waals surface area contributed by atoms with E-state index in [0.717, 1.165) is 36.0 Å². The molecule has 1 aliphatic heterocycles. The molecule has 1 aromatic carbocycles. The predicted molar refractivity (Wildman–Crippen MR) is 104 cm³/mol. The van der Waals surface area contributed by atoms with Crippen LogP contribution in [0.4, 0.5) is 0 Å². The molecule has 0 aliphatic carbocycles. The molecular weight excluding hydrogens is 314 g/mol. The normalized spacial score (nSPS) is 16.0. The number of benzene rings is 1. The molecule has 0 saturated carbocycles. The Bertz CT molecular complexity index is 540.